The zero-order valence-corrected chi connectivity index (χ0v) is 15.9. The number of fused-ring (bicyclic) bond motifs is 1. The Hall–Kier alpha value is -2.01. The Kier molecular flexibility index (Phi) is 4.90. The molecule has 5 nitrogen and oxygen atoms in total. The number of aromatic nitrogens is 1. The van der Waals surface area contributed by atoms with E-state index in [0.29, 0.717) is 18.8 Å². The zero-order valence-electron chi connectivity index (χ0n) is 15.1. The number of rotatable bonds is 2. The third-order valence-electron chi connectivity index (χ3n) is 5.48. The summed E-state index contributed by atoms with van der Waals surface area (Å²) in [5.41, 5.74) is 3.94. The van der Waals surface area contributed by atoms with E-state index in [4.69, 9.17) is 16.1 Å². The summed E-state index contributed by atoms with van der Waals surface area (Å²) >= 11 is 6.15. The molecule has 1 aliphatic heterocycles. The van der Waals surface area contributed by atoms with Gasteiger partial charge in [0, 0.05) is 48.9 Å². The number of hydrogen-bond acceptors (Lipinski definition) is 4. The monoisotopic (exact) mass is 373 g/mol. The fourth-order valence-corrected chi connectivity index (χ4v) is 4.12. The Morgan fingerprint density at radius 2 is 1.88 bits per heavy atom. The smallest absolute Gasteiger partial charge is 0.276 e. The van der Waals surface area contributed by atoms with Gasteiger partial charge >= 0.3 is 0 Å². The van der Waals surface area contributed by atoms with Crippen molar-refractivity contribution in [3.63, 3.8) is 0 Å². The van der Waals surface area contributed by atoms with Crippen molar-refractivity contribution < 1.29 is 9.32 Å². The van der Waals surface area contributed by atoms with Crippen molar-refractivity contribution in [1.29, 1.82) is 0 Å². The summed E-state index contributed by atoms with van der Waals surface area (Å²) in [4.78, 5) is 17.2. The van der Waals surface area contributed by atoms with Gasteiger partial charge in [-0.1, -0.05) is 29.2 Å². The molecular formula is C20H24ClN3O2. The Morgan fingerprint density at radius 3 is 2.69 bits per heavy atom. The van der Waals surface area contributed by atoms with Gasteiger partial charge in [0.1, 0.15) is 5.76 Å². The second kappa shape index (κ2) is 7.31. The number of hydrogen-bond donors (Lipinski definition) is 0. The third kappa shape index (κ3) is 3.32. The lowest BCUT2D eigenvalue weighted by atomic mass is 10.1. The Balaban J connectivity index is 1.46. The van der Waals surface area contributed by atoms with E-state index in [2.05, 4.69) is 17.0 Å². The van der Waals surface area contributed by atoms with E-state index >= 15 is 0 Å². The van der Waals surface area contributed by atoms with Crippen LogP contribution in [0.4, 0.5) is 5.69 Å². The number of aryl methyl sites for hydroxylation is 2. The van der Waals surface area contributed by atoms with Crippen LogP contribution in [0.1, 0.15) is 46.6 Å². The number of carbonyl (C=O) groups is 1. The molecule has 0 radical (unpaired) electrons. The van der Waals surface area contributed by atoms with Crippen LogP contribution in [-0.4, -0.2) is 42.1 Å². The minimum absolute atomic E-state index is 0.0133. The molecule has 6 heteroatoms. The SMILES string of the molecule is Cc1ccc(Cl)cc1N1CCN(C(=O)c2noc3c2CCCCC3)CC1. The zero-order chi connectivity index (χ0) is 18.1. The van der Waals surface area contributed by atoms with Crippen molar-refractivity contribution in [3.8, 4) is 0 Å². The molecule has 0 N–H and O–H groups in total. The van der Waals surface area contributed by atoms with Crippen molar-refractivity contribution in [2.24, 2.45) is 0 Å². The summed E-state index contributed by atoms with van der Waals surface area (Å²) in [6.07, 6.45) is 5.22. The highest BCUT2D eigenvalue weighted by Crippen LogP contribution is 2.27. The van der Waals surface area contributed by atoms with Crippen LogP contribution in [0.5, 0.6) is 0 Å². The summed E-state index contributed by atoms with van der Waals surface area (Å²) in [6, 6.07) is 5.96. The number of piperazine rings is 1. The number of anilines is 1. The van der Waals surface area contributed by atoms with E-state index in [-0.39, 0.29) is 5.91 Å². The average molecular weight is 374 g/mol. The highest BCUT2D eigenvalue weighted by atomic mass is 35.5. The van der Waals surface area contributed by atoms with Crippen LogP contribution >= 0.6 is 11.6 Å². The lowest BCUT2D eigenvalue weighted by molar-refractivity contribution is 0.0735. The Labute approximate surface area is 158 Å². The highest BCUT2D eigenvalue weighted by Gasteiger charge is 2.29. The number of amides is 1. The van der Waals surface area contributed by atoms with Crippen LogP contribution in [0, 0.1) is 6.92 Å². The maximum Gasteiger partial charge on any atom is 0.276 e. The van der Waals surface area contributed by atoms with Crippen LogP contribution in [0.2, 0.25) is 5.02 Å². The molecule has 1 saturated heterocycles. The lowest BCUT2D eigenvalue weighted by Gasteiger charge is -2.36. The molecule has 2 aromatic rings. The van der Waals surface area contributed by atoms with Crippen molar-refractivity contribution in [2.45, 2.75) is 39.0 Å². The first kappa shape index (κ1) is 17.4. The minimum atomic E-state index is 0.0133. The predicted molar refractivity (Wildman–Crippen MR) is 102 cm³/mol. The van der Waals surface area contributed by atoms with Crippen LogP contribution < -0.4 is 4.90 Å². The summed E-state index contributed by atoms with van der Waals surface area (Å²) in [7, 11) is 0. The van der Waals surface area contributed by atoms with Gasteiger partial charge in [-0.2, -0.15) is 0 Å². The second-order valence-corrected chi connectivity index (χ2v) is 7.64. The highest BCUT2D eigenvalue weighted by molar-refractivity contribution is 6.30. The fourth-order valence-electron chi connectivity index (χ4n) is 3.95. The van der Waals surface area contributed by atoms with E-state index in [0.717, 1.165) is 60.8 Å². The number of benzene rings is 1. The number of nitrogens with zero attached hydrogens (tertiary/aromatic N) is 3. The lowest BCUT2D eigenvalue weighted by Crippen LogP contribution is -2.49. The van der Waals surface area contributed by atoms with Gasteiger partial charge < -0.3 is 14.3 Å². The third-order valence-corrected chi connectivity index (χ3v) is 5.72. The molecule has 1 aromatic heterocycles. The van der Waals surface area contributed by atoms with E-state index in [1.165, 1.54) is 12.0 Å². The van der Waals surface area contributed by atoms with Gasteiger partial charge in [0.05, 0.1) is 0 Å². The second-order valence-electron chi connectivity index (χ2n) is 7.20. The van der Waals surface area contributed by atoms with Crippen LogP contribution in [0.25, 0.3) is 0 Å². The predicted octanol–water partition coefficient (Wildman–Crippen LogP) is 3.87. The van der Waals surface area contributed by atoms with E-state index in [1.54, 1.807) is 0 Å². The molecule has 138 valence electrons. The molecule has 0 bridgehead atoms. The first-order chi connectivity index (χ1) is 12.6. The van der Waals surface area contributed by atoms with Crippen LogP contribution in [0.15, 0.2) is 22.7 Å². The van der Waals surface area contributed by atoms with Gasteiger partial charge in [-0.05, 0) is 43.9 Å². The Morgan fingerprint density at radius 1 is 1.12 bits per heavy atom. The normalized spacial score (nSPS) is 17.8. The molecule has 0 atom stereocenters. The van der Waals surface area contributed by atoms with Crippen molar-refractivity contribution in [1.82, 2.24) is 10.1 Å². The topological polar surface area (TPSA) is 49.6 Å². The van der Waals surface area contributed by atoms with Gasteiger partial charge in [0.2, 0.25) is 0 Å². The standard InChI is InChI=1S/C20H24ClN3O2/c1-14-7-8-15(21)13-17(14)23-9-11-24(12-10-23)20(25)19-16-5-3-2-4-6-18(16)26-22-19/h7-8,13H,2-6,9-12H2,1H3. The largest absolute Gasteiger partial charge is 0.368 e. The maximum absolute atomic E-state index is 13.0. The molecule has 0 unspecified atom stereocenters. The van der Waals surface area contributed by atoms with Crippen LogP contribution in [-0.2, 0) is 12.8 Å². The maximum atomic E-state index is 13.0. The molecule has 0 saturated carbocycles. The average Bonchev–Trinajstić information content (AvgIpc) is 2.91. The summed E-state index contributed by atoms with van der Waals surface area (Å²) < 4.78 is 5.48. The molecule has 1 aliphatic carbocycles. The number of halogens is 1. The van der Waals surface area contributed by atoms with Gasteiger partial charge in [-0.25, -0.2) is 0 Å². The first-order valence-electron chi connectivity index (χ1n) is 9.41. The van der Waals surface area contributed by atoms with Crippen molar-refractivity contribution in [2.75, 3.05) is 31.1 Å². The van der Waals surface area contributed by atoms with E-state index in [1.807, 2.05) is 23.1 Å². The quantitative estimate of drug-likeness (QED) is 0.750. The molecule has 0 spiro atoms. The van der Waals surface area contributed by atoms with Crippen molar-refractivity contribution >= 4 is 23.2 Å². The number of carbonyl (C=O) groups excluding carboxylic acids is 1. The Bertz CT molecular complexity index is 809. The van der Waals surface area contributed by atoms with Gasteiger partial charge in [-0.3, -0.25) is 4.79 Å². The molecule has 1 aromatic carbocycles. The van der Waals surface area contributed by atoms with Gasteiger partial charge in [0.15, 0.2) is 5.69 Å². The molecule has 26 heavy (non-hydrogen) atoms. The fraction of sp³-hybridized carbons (Fsp3) is 0.500. The molecular weight excluding hydrogens is 350 g/mol. The molecule has 2 heterocycles. The summed E-state index contributed by atoms with van der Waals surface area (Å²) in [5.74, 6) is 0.929. The van der Waals surface area contributed by atoms with E-state index < -0.39 is 0 Å². The summed E-state index contributed by atoms with van der Waals surface area (Å²) in [6.45, 7) is 5.06. The molecule has 1 fully saturated rings. The van der Waals surface area contributed by atoms with Crippen molar-refractivity contribution in [3.05, 3.63) is 45.8 Å². The van der Waals surface area contributed by atoms with Crippen LogP contribution in [0.3, 0.4) is 0 Å². The van der Waals surface area contributed by atoms with Gasteiger partial charge in [-0.15, -0.1) is 0 Å². The van der Waals surface area contributed by atoms with E-state index in [9.17, 15) is 4.79 Å². The molecule has 1 amide bonds. The molecule has 4 rings (SSSR count). The minimum Gasteiger partial charge on any atom is -0.368 e. The first-order valence-corrected chi connectivity index (χ1v) is 9.79. The van der Waals surface area contributed by atoms with Gasteiger partial charge in [0.25, 0.3) is 5.91 Å². The summed E-state index contributed by atoms with van der Waals surface area (Å²) in [5, 5.41) is 4.87. The molecule has 2 aliphatic rings.